The Morgan fingerprint density at radius 2 is 1.77 bits per heavy atom. The molecule has 7 nitrogen and oxygen atoms in total. The van der Waals surface area contributed by atoms with E-state index < -0.39 is 36.7 Å². The Morgan fingerprint density at radius 1 is 1.23 bits per heavy atom. The van der Waals surface area contributed by atoms with Crippen LogP contribution in [0.4, 0.5) is 0 Å². The molecule has 0 saturated carbocycles. The average Bonchev–Trinajstić information content (AvgIpc) is 2.31. The van der Waals surface area contributed by atoms with Gasteiger partial charge in [-0.1, -0.05) is 0 Å². The van der Waals surface area contributed by atoms with Crippen molar-refractivity contribution in [3.05, 3.63) is 0 Å². The first-order valence-corrected chi connectivity index (χ1v) is 3.55. The van der Waals surface area contributed by atoms with E-state index in [1.807, 2.05) is 0 Å². The van der Waals surface area contributed by atoms with E-state index in [0.29, 0.717) is 0 Å². The fraction of sp³-hybridized carbons (Fsp3) is 0.833. The van der Waals surface area contributed by atoms with E-state index in [4.69, 9.17) is 25.5 Å². The average molecular weight is 194 g/mol. The highest BCUT2D eigenvalue weighted by Gasteiger charge is 2.47. The summed E-state index contributed by atoms with van der Waals surface area (Å²) in [6.07, 6.45) is -8.36. The van der Waals surface area contributed by atoms with Gasteiger partial charge in [0, 0.05) is 0 Å². The van der Waals surface area contributed by atoms with Crippen LogP contribution in [-0.4, -0.2) is 62.2 Å². The largest absolute Gasteiger partial charge is 0.479 e. The quantitative estimate of drug-likeness (QED) is 0.314. The second-order valence-corrected chi connectivity index (χ2v) is 2.76. The summed E-state index contributed by atoms with van der Waals surface area (Å²) >= 11 is 0. The zero-order valence-corrected chi connectivity index (χ0v) is 6.44. The lowest BCUT2D eigenvalue weighted by atomic mass is 10.1. The molecule has 0 aromatic carbocycles. The number of rotatable bonds is 2. The number of carboxylic acids is 1. The summed E-state index contributed by atoms with van der Waals surface area (Å²) in [5, 5.41) is 44.1. The first-order chi connectivity index (χ1) is 5.95. The van der Waals surface area contributed by atoms with Gasteiger partial charge in [-0.25, -0.2) is 4.79 Å². The van der Waals surface area contributed by atoms with Crippen molar-refractivity contribution >= 4 is 5.97 Å². The van der Waals surface area contributed by atoms with Crippen molar-refractivity contribution < 1.29 is 35.1 Å². The summed E-state index contributed by atoms with van der Waals surface area (Å²) in [5.74, 6) is -1.59. The Hall–Kier alpha value is -0.730. The highest BCUT2D eigenvalue weighted by atomic mass is 16.6. The molecule has 1 aliphatic rings. The van der Waals surface area contributed by atoms with Crippen LogP contribution >= 0.6 is 0 Å². The molecule has 0 unspecified atom stereocenters. The lowest BCUT2D eigenvalue weighted by Crippen LogP contribution is -2.42. The fourth-order valence-corrected chi connectivity index (χ4v) is 1.09. The van der Waals surface area contributed by atoms with Gasteiger partial charge in [0.1, 0.15) is 18.3 Å². The molecule has 1 saturated heterocycles. The minimum absolute atomic E-state index is 1.51. The Labute approximate surface area is 72.8 Å². The van der Waals surface area contributed by atoms with Gasteiger partial charge >= 0.3 is 5.97 Å². The Balaban J connectivity index is 2.68. The van der Waals surface area contributed by atoms with Gasteiger partial charge in [-0.2, -0.15) is 0 Å². The number of hydrogen-bond acceptors (Lipinski definition) is 6. The summed E-state index contributed by atoms with van der Waals surface area (Å²) < 4.78 is 4.43. The Kier molecular flexibility index (Phi) is 2.84. The van der Waals surface area contributed by atoms with Gasteiger partial charge < -0.3 is 30.3 Å². The van der Waals surface area contributed by atoms with Crippen LogP contribution in [0.15, 0.2) is 0 Å². The molecule has 1 aliphatic heterocycles. The lowest BCUT2D eigenvalue weighted by molar-refractivity contribution is -0.170. The van der Waals surface area contributed by atoms with Gasteiger partial charge in [0.05, 0.1) is 0 Å². The molecule has 7 heteroatoms. The molecule has 0 bridgehead atoms. The summed E-state index contributed by atoms with van der Waals surface area (Å²) in [6.45, 7) is 0. The number of carbonyl (C=O) groups is 1. The maximum Gasteiger partial charge on any atom is 0.335 e. The number of carboxylic acid groups (broad SMARTS) is 1. The second kappa shape index (κ2) is 3.56. The standard InChI is InChI=1S/C6H10O7/c7-1-2(8)6(12)13-4(1)3(9)5(10)11/h1-4,6-9,12H,(H,10,11)/t1-,2+,3+,4+,6-/m1/s1. The van der Waals surface area contributed by atoms with Gasteiger partial charge in [0.15, 0.2) is 12.4 Å². The number of aliphatic hydroxyl groups excluding tert-OH is 4. The lowest BCUT2D eigenvalue weighted by Gasteiger charge is -2.16. The number of hydrogen-bond donors (Lipinski definition) is 5. The third kappa shape index (κ3) is 1.79. The normalized spacial score (nSPS) is 41.8. The molecule has 0 amide bonds. The monoisotopic (exact) mass is 194 g/mol. The van der Waals surface area contributed by atoms with Crippen molar-refractivity contribution in [2.45, 2.75) is 30.7 Å². The number of ether oxygens (including phenoxy) is 1. The summed E-state index contributed by atoms with van der Waals surface area (Å²) in [5.41, 5.74) is 0. The molecule has 1 fully saturated rings. The molecular formula is C6H10O7. The number of aliphatic hydroxyl groups is 4. The second-order valence-electron chi connectivity index (χ2n) is 2.76. The van der Waals surface area contributed by atoms with Crippen LogP contribution in [0.5, 0.6) is 0 Å². The molecule has 1 rings (SSSR count). The van der Waals surface area contributed by atoms with Crippen molar-refractivity contribution in [1.82, 2.24) is 0 Å². The molecule has 13 heavy (non-hydrogen) atoms. The molecule has 0 radical (unpaired) electrons. The summed E-state index contributed by atoms with van der Waals surface area (Å²) in [6, 6.07) is 0. The van der Waals surface area contributed by atoms with Crippen LogP contribution in [0, 0.1) is 0 Å². The zero-order chi connectivity index (χ0) is 10.2. The van der Waals surface area contributed by atoms with Gasteiger partial charge in [0.2, 0.25) is 0 Å². The van der Waals surface area contributed by atoms with Crippen LogP contribution in [0.25, 0.3) is 0 Å². The highest BCUT2D eigenvalue weighted by molar-refractivity contribution is 5.72. The van der Waals surface area contributed by atoms with Crippen molar-refractivity contribution in [1.29, 1.82) is 0 Å². The molecule has 0 aromatic rings. The van der Waals surface area contributed by atoms with Gasteiger partial charge in [-0.3, -0.25) is 0 Å². The molecule has 76 valence electrons. The molecular weight excluding hydrogens is 184 g/mol. The molecule has 5 atom stereocenters. The van der Waals surface area contributed by atoms with Crippen molar-refractivity contribution in [2.75, 3.05) is 0 Å². The summed E-state index contributed by atoms with van der Waals surface area (Å²) in [4.78, 5) is 10.2. The van der Waals surface area contributed by atoms with Crippen LogP contribution in [-0.2, 0) is 9.53 Å². The molecule has 1 heterocycles. The smallest absolute Gasteiger partial charge is 0.335 e. The van der Waals surface area contributed by atoms with E-state index >= 15 is 0 Å². The Morgan fingerprint density at radius 3 is 2.08 bits per heavy atom. The highest BCUT2D eigenvalue weighted by Crippen LogP contribution is 2.22. The minimum Gasteiger partial charge on any atom is -0.479 e. The third-order valence-corrected chi connectivity index (χ3v) is 1.84. The van der Waals surface area contributed by atoms with E-state index in [1.54, 1.807) is 0 Å². The van der Waals surface area contributed by atoms with Crippen LogP contribution < -0.4 is 0 Å². The van der Waals surface area contributed by atoms with Gasteiger partial charge in [-0.05, 0) is 0 Å². The van der Waals surface area contributed by atoms with E-state index in [2.05, 4.69) is 4.74 Å². The molecule has 0 aromatic heterocycles. The van der Waals surface area contributed by atoms with Crippen molar-refractivity contribution in [2.24, 2.45) is 0 Å². The predicted octanol–water partition coefficient (Wildman–Crippen LogP) is -3.13. The topological polar surface area (TPSA) is 127 Å². The Bertz CT molecular complexity index is 205. The van der Waals surface area contributed by atoms with Crippen molar-refractivity contribution in [3.63, 3.8) is 0 Å². The van der Waals surface area contributed by atoms with Crippen LogP contribution in [0.3, 0.4) is 0 Å². The first kappa shape index (κ1) is 10.4. The van der Waals surface area contributed by atoms with E-state index in [9.17, 15) is 4.79 Å². The van der Waals surface area contributed by atoms with Crippen LogP contribution in [0.1, 0.15) is 0 Å². The molecule has 0 spiro atoms. The molecule has 5 N–H and O–H groups in total. The minimum atomic E-state index is -1.97. The van der Waals surface area contributed by atoms with E-state index in [1.165, 1.54) is 0 Å². The zero-order valence-electron chi connectivity index (χ0n) is 6.44. The van der Waals surface area contributed by atoms with E-state index in [-0.39, 0.29) is 0 Å². The van der Waals surface area contributed by atoms with Crippen molar-refractivity contribution in [3.8, 4) is 0 Å². The molecule has 0 aliphatic carbocycles. The van der Waals surface area contributed by atoms with Gasteiger partial charge in [0.25, 0.3) is 0 Å². The summed E-state index contributed by atoms with van der Waals surface area (Å²) in [7, 11) is 0. The predicted molar refractivity (Wildman–Crippen MR) is 36.5 cm³/mol. The maximum absolute atomic E-state index is 10.2. The first-order valence-electron chi connectivity index (χ1n) is 3.55. The fourth-order valence-electron chi connectivity index (χ4n) is 1.09. The SMILES string of the molecule is O=C(O)[C@@H](O)[C@H]1O[C@@H](O)[C@@H](O)[C@H]1O. The maximum atomic E-state index is 10.2. The van der Waals surface area contributed by atoms with Crippen LogP contribution in [0.2, 0.25) is 0 Å². The van der Waals surface area contributed by atoms with E-state index in [0.717, 1.165) is 0 Å². The number of aliphatic carboxylic acids is 1. The third-order valence-electron chi connectivity index (χ3n) is 1.84. The van der Waals surface area contributed by atoms with Gasteiger partial charge in [-0.15, -0.1) is 0 Å².